The molecule has 0 saturated carbocycles. The average molecular weight is 302 g/mol. The number of nitrogens with zero attached hydrogens (tertiary/aromatic N) is 2. The standard InChI is InChI=1S/C13H22N2O4S/c1-4-7(16)11-10(18)9(17)8-12(19-11)20-13(14-8)15(5-2)6-3/h4,7-12,16-18H,1,5-6H2,2-3H3. The summed E-state index contributed by atoms with van der Waals surface area (Å²) in [5.74, 6) is 0. The van der Waals surface area contributed by atoms with E-state index in [2.05, 4.69) is 16.5 Å². The van der Waals surface area contributed by atoms with Crippen molar-refractivity contribution < 1.29 is 20.1 Å². The zero-order chi connectivity index (χ0) is 14.9. The van der Waals surface area contributed by atoms with E-state index in [4.69, 9.17) is 4.74 Å². The number of aliphatic hydroxyl groups is 3. The average Bonchev–Trinajstić information content (AvgIpc) is 2.87. The van der Waals surface area contributed by atoms with E-state index in [1.165, 1.54) is 17.8 Å². The summed E-state index contributed by atoms with van der Waals surface area (Å²) in [6.45, 7) is 9.19. The molecule has 0 bridgehead atoms. The Kier molecular flexibility index (Phi) is 5.09. The van der Waals surface area contributed by atoms with Crippen molar-refractivity contribution in [3.63, 3.8) is 0 Å². The Hall–Kier alpha value is -0.600. The Morgan fingerprint density at radius 3 is 2.60 bits per heavy atom. The van der Waals surface area contributed by atoms with Crippen molar-refractivity contribution >= 4 is 16.9 Å². The number of hydrogen-bond acceptors (Lipinski definition) is 7. The predicted octanol–water partition coefficient (Wildman–Crippen LogP) is -0.207. The summed E-state index contributed by atoms with van der Waals surface area (Å²) < 4.78 is 5.71. The molecule has 0 aromatic heterocycles. The second-order valence-electron chi connectivity index (χ2n) is 4.87. The van der Waals surface area contributed by atoms with Gasteiger partial charge in [-0.25, -0.2) is 0 Å². The topological polar surface area (TPSA) is 85.5 Å². The first kappa shape index (κ1) is 15.8. The van der Waals surface area contributed by atoms with E-state index in [0.717, 1.165) is 18.3 Å². The Morgan fingerprint density at radius 2 is 2.05 bits per heavy atom. The molecule has 6 atom stereocenters. The lowest BCUT2D eigenvalue weighted by atomic mass is 9.95. The van der Waals surface area contributed by atoms with Gasteiger partial charge < -0.3 is 25.0 Å². The molecule has 2 aliphatic heterocycles. The molecule has 0 aliphatic carbocycles. The highest BCUT2D eigenvalue weighted by Crippen LogP contribution is 2.38. The van der Waals surface area contributed by atoms with Gasteiger partial charge in [0.05, 0.1) is 0 Å². The number of ether oxygens (including phenoxy) is 1. The quantitative estimate of drug-likeness (QED) is 0.623. The smallest absolute Gasteiger partial charge is 0.162 e. The largest absolute Gasteiger partial charge is 0.388 e. The van der Waals surface area contributed by atoms with E-state index in [-0.39, 0.29) is 5.44 Å². The van der Waals surface area contributed by atoms with Gasteiger partial charge in [0.15, 0.2) is 5.17 Å². The van der Waals surface area contributed by atoms with Crippen LogP contribution >= 0.6 is 11.8 Å². The second-order valence-corrected chi connectivity index (χ2v) is 5.93. The third-order valence-electron chi connectivity index (χ3n) is 3.70. The minimum absolute atomic E-state index is 0.386. The van der Waals surface area contributed by atoms with Crippen molar-refractivity contribution in [2.24, 2.45) is 4.99 Å². The molecule has 2 heterocycles. The number of amidine groups is 1. The Morgan fingerprint density at radius 1 is 1.40 bits per heavy atom. The molecule has 0 spiro atoms. The van der Waals surface area contributed by atoms with Crippen molar-refractivity contribution in [2.75, 3.05) is 13.1 Å². The lowest BCUT2D eigenvalue weighted by molar-refractivity contribution is -0.176. The Labute approximate surface area is 123 Å². The fraction of sp³-hybridized carbons (Fsp3) is 0.769. The minimum Gasteiger partial charge on any atom is -0.388 e. The van der Waals surface area contributed by atoms with Crippen LogP contribution in [0.15, 0.2) is 17.6 Å². The van der Waals surface area contributed by atoms with Crippen LogP contribution in [0.25, 0.3) is 0 Å². The van der Waals surface area contributed by atoms with E-state index in [9.17, 15) is 15.3 Å². The zero-order valence-electron chi connectivity index (χ0n) is 11.7. The molecule has 2 rings (SSSR count). The predicted molar refractivity (Wildman–Crippen MR) is 78.6 cm³/mol. The van der Waals surface area contributed by atoms with Gasteiger partial charge in [0.25, 0.3) is 0 Å². The van der Waals surface area contributed by atoms with Gasteiger partial charge in [0.2, 0.25) is 0 Å². The molecule has 0 aromatic carbocycles. The molecule has 2 aliphatic rings. The van der Waals surface area contributed by atoms with Gasteiger partial charge in [-0.3, -0.25) is 4.99 Å². The number of hydrogen-bond donors (Lipinski definition) is 3. The summed E-state index contributed by atoms with van der Waals surface area (Å²) >= 11 is 1.43. The summed E-state index contributed by atoms with van der Waals surface area (Å²) in [6, 6.07) is -0.501. The highest BCUT2D eigenvalue weighted by Gasteiger charge is 2.50. The van der Waals surface area contributed by atoms with Crippen molar-refractivity contribution in [3.8, 4) is 0 Å². The molecule has 1 saturated heterocycles. The van der Waals surface area contributed by atoms with Gasteiger partial charge in [-0.1, -0.05) is 17.8 Å². The van der Waals surface area contributed by atoms with Gasteiger partial charge in [-0.2, -0.15) is 0 Å². The van der Waals surface area contributed by atoms with Gasteiger partial charge >= 0.3 is 0 Å². The molecule has 3 N–H and O–H groups in total. The van der Waals surface area contributed by atoms with Crippen LogP contribution in [0.3, 0.4) is 0 Å². The summed E-state index contributed by atoms with van der Waals surface area (Å²) in [6.07, 6.45) is -2.81. The van der Waals surface area contributed by atoms with Crippen molar-refractivity contribution in [2.45, 2.75) is 49.7 Å². The van der Waals surface area contributed by atoms with Crippen LogP contribution in [0.5, 0.6) is 0 Å². The third-order valence-corrected chi connectivity index (χ3v) is 4.90. The Bertz CT molecular complexity index is 389. The number of fused-ring (bicyclic) bond motifs is 1. The van der Waals surface area contributed by atoms with Crippen molar-refractivity contribution in [1.82, 2.24) is 4.90 Å². The van der Waals surface area contributed by atoms with Crippen LogP contribution in [0.4, 0.5) is 0 Å². The molecular formula is C13H22N2O4S. The molecule has 114 valence electrons. The minimum atomic E-state index is -1.18. The molecule has 0 aromatic rings. The molecule has 6 unspecified atom stereocenters. The highest BCUT2D eigenvalue weighted by molar-refractivity contribution is 8.14. The van der Waals surface area contributed by atoms with E-state index >= 15 is 0 Å². The second kappa shape index (κ2) is 6.44. The van der Waals surface area contributed by atoms with Crippen LogP contribution in [0.1, 0.15) is 13.8 Å². The zero-order valence-corrected chi connectivity index (χ0v) is 12.5. The van der Waals surface area contributed by atoms with Crippen LogP contribution in [-0.4, -0.2) is 74.4 Å². The number of rotatable bonds is 4. The maximum absolute atomic E-state index is 10.2. The first-order valence-electron chi connectivity index (χ1n) is 6.85. The van der Waals surface area contributed by atoms with Gasteiger partial charge in [0, 0.05) is 13.1 Å². The van der Waals surface area contributed by atoms with Crippen molar-refractivity contribution in [3.05, 3.63) is 12.7 Å². The van der Waals surface area contributed by atoms with Gasteiger partial charge in [-0.15, -0.1) is 6.58 Å². The van der Waals surface area contributed by atoms with Crippen molar-refractivity contribution in [1.29, 1.82) is 0 Å². The molecule has 7 heteroatoms. The maximum Gasteiger partial charge on any atom is 0.162 e. The first-order chi connectivity index (χ1) is 9.53. The number of aliphatic hydroxyl groups excluding tert-OH is 3. The maximum atomic E-state index is 10.2. The SMILES string of the molecule is C=CC(O)C1OC2SC(N(CC)CC)=NC2C(O)C1O. The molecular weight excluding hydrogens is 280 g/mol. The van der Waals surface area contributed by atoms with Crippen LogP contribution in [0, 0.1) is 0 Å². The lowest BCUT2D eigenvalue weighted by Gasteiger charge is -2.39. The van der Waals surface area contributed by atoms with E-state index in [1.54, 1.807) is 0 Å². The van der Waals surface area contributed by atoms with Crippen LogP contribution in [-0.2, 0) is 4.74 Å². The molecule has 20 heavy (non-hydrogen) atoms. The highest BCUT2D eigenvalue weighted by atomic mass is 32.2. The van der Waals surface area contributed by atoms with E-state index in [0.29, 0.717) is 0 Å². The number of aliphatic imine (C=N–C) groups is 1. The molecule has 1 fully saturated rings. The molecule has 6 nitrogen and oxygen atoms in total. The summed E-state index contributed by atoms with van der Waals surface area (Å²) in [7, 11) is 0. The molecule has 0 amide bonds. The van der Waals surface area contributed by atoms with Crippen LogP contribution < -0.4 is 0 Å². The van der Waals surface area contributed by atoms with E-state index in [1.807, 2.05) is 13.8 Å². The van der Waals surface area contributed by atoms with Gasteiger partial charge in [0.1, 0.15) is 35.9 Å². The third kappa shape index (κ3) is 2.73. The summed E-state index contributed by atoms with van der Waals surface area (Å²) in [5.41, 5.74) is -0.386. The fourth-order valence-corrected chi connectivity index (χ4v) is 3.78. The normalized spacial score (nSPS) is 38.0. The molecule has 0 radical (unpaired) electrons. The first-order valence-corrected chi connectivity index (χ1v) is 7.73. The Balaban J connectivity index is 2.15. The monoisotopic (exact) mass is 302 g/mol. The summed E-state index contributed by atoms with van der Waals surface area (Å²) in [4.78, 5) is 6.54. The number of thioether (sulfide) groups is 1. The fourth-order valence-electron chi connectivity index (χ4n) is 2.44. The van der Waals surface area contributed by atoms with Gasteiger partial charge in [-0.05, 0) is 13.8 Å². The van der Waals surface area contributed by atoms with Crippen LogP contribution in [0.2, 0.25) is 0 Å². The van der Waals surface area contributed by atoms with E-state index < -0.39 is 30.5 Å². The lowest BCUT2D eigenvalue weighted by Crippen LogP contribution is -2.57. The summed E-state index contributed by atoms with van der Waals surface area (Å²) in [5, 5.41) is 30.8.